The molecule has 0 saturated carbocycles. The highest BCUT2D eigenvalue weighted by molar-refractivity contribution is 7.92. The summed E-state index contributed by atoms with van der Waals surface area (Å²) in [5.41, 5.74) is 0.532. The molecule has 7 heteroatoms. The molecule has 0 unspecified atom stereocenters. The van der Waals surface area contributed by atoms with Crippen LogP contribution in [0.5, 0.6) is 0 Å². The summed E-state index contributed by atoms with van der Waals surface area (Å²) in [6.45, 7) is -0.469. The van der Waals surface area contributed by atoms with E-state index in [2.05, 4.69) is 4.72 Å². The van der Waals surface area contributed by atoms with E-state index in [1.807, 2.05) is 6.07 Å². The molecule has 86 valence electrons. The molecule has 0 bridgehead atoms. The maximum Gasteiger partial charge on any atom is 0.235 e. The van der Waals surface area contributed by atoms with Crippen LogP contribution >= 0.6 is 11.6 Å². The smallest absolute Gasteiger partial charge is 0.235 e. The minimum absolute atomic E-state index is 0.139. The van der Waals surface area contributed by atoms with Crippen molar-refractivity contribution in [3.8, 4) is 6.07 Å². The Balaban J connectivity index is 2.96. The summed E-state index contributed by atoms with van der Waals surface area (Å²) < 4.78 is 24.8. The lowest BCUT2D eigenvalue weighted by atomic mass is 10.2. The Bertz CT molecular complexity index is 522. The number of aliphatic hydroxyl groups is 1. The van der Waals surface area contributed by atoms with Gasteiger partial charge < -0.3 is 5.11 Å². The van der Waals surface area contributed by atoms with Crippen molar-refractivity contribution in [3.05, 3.63) is 28.8 Å². The average Bonchev–Trinajstić information content (AvgIpc) is 2.20. The van der Waals surface area contributed by atoms with Crippen molar-refractivity contribution in [2.45, 2.75) is 0 Å². The summed E-state index contributed by atoms with van der Waals surface area (Å²) in [4.78, 5) is 0. The van der Waals surface area contributed by atoms with Crippen LogP contribution in [0.4, 0.5) is 5.69 Å². The van der Waals surface area contributed by atoms with Gasteiger partial charge in [0.15, 0.2) is 0 Å². The van der Waals surface area contributed by atoms with Crippen LogP contribution in [0.1, 0.15) is 5.56 Å². The Morgan fingerprint density at radius 2 is 2.19 bits per heavy atom. The summed E-state index contributed by atoms with van der Waals surface area (Å²) in [7, 11) is -3.59. The summed E-state index contributed by atoms with van der Waals surface area (Å²) in [5.74, 6) is -0.399. The van der Waals surface area contributed by atoms with Crippen molar-refractivity contribution in [1.82, 2.24) is 0 Å². The maximum absolute atomic E-state index is 11.3. The third-order valence-corrected chi connectivity index (χ3v) is 3.29. The van der Waals surface area contributed by atoms with Gasteiger partial charge in [0.05, 0.1) is 34.7 Å². The second-order valence-electron chi connectivity index (χ2n) is 2.95. The minimum atomic E-state index is -3.59. The van der Waals surface area contributed by atoms with Gasteiger partial charge in [-0.3, -0.25) is 4.72 Å². The number of nitrogens with zero attached hydrogens (tertiary/aromatic N) is 1. The van der Waals surface area contributed by atoms with Gasteiger partial charge in [0, 0.05) is 0 Å². The van der Waals surface area contributed by atoms with Gasteiger partial charge in [-0.05, 0) is 18.2 Å². The fourth-order valence-corrected chi connectivity index (χ4v) is 2.15. The second-order valence-corrected chi connectivity index (χ2v) is 5.20. The molecule has 0 fully saturated rings. The molecule has 0 aliphatic rings. The minimum Gasteiger partial charge on any atom is -0.395 e. The van der Waals surface area contributed by atoms with Gasteiger partial charge in [-0.15, -0.1) is 0 Å². The van der Waals surface area contributed by atoms with Crippen LogP contribution in [0.15, 0.2) is 18.2 Å². The van der Waals surface area contributed by atoms with Gasteiger partial charge in [-0.25, -0.2) is 8.42 Å². The fourth-order valence-electron chi connectivity index (χ4n) is 1.01. The van der Waals surface area contributed by atoms with Crippen molar-refractivity contribution in [3.63, 3.8) is 0 Å². The van der Waals surface area contributed by atoms with Crippen LogP contribution in [0.25, 0.3) is 0 Å². The Labute approximate surface area is 98.3 Å². The molecule has 1 aromatic rings. The van der Waals surface area contributed by atoms with Crippen LogP contribution < -0.4 is 4.72 Å². The molecular formula is C9H9ClN2O3S. The molecule has 16 heavy (non-hydrogen) atoms. The summed E-state index contributed by atoms with van der Waals surface area (Å²) in [6, 6.07) is 6.09. The first-order valence-corrected chi connectivity index (χ1v) is 6.32. The summed E-state index contributed by atoms with van der Waals surface area (Å²) >= 11 is 5.77. The second kappa shape index (κ2) is 5.16. The van der Waals surface area contributed by atoms with Crippen molar-refractivity contribution in [1.29, 1.82) is 5.26 Å². The Kier molecular flexibility index (Phi) is 4.12. The van der Waals surface area contributed by atoms with Crippen molar-refractivity contribution in [2.75, 3.05) is 17.1 Å². The molecule has 0 aliphatic heterocycles. The van der Waals surface area contributed by atoms with Crippen molar-refractivity contribution in [2.24, 2.45) is 0 Å². The van der Waals surface area contributed by atoms with E-state index < -0.39 is 22.4 Å². The van der Waals surface area contributed by atoms with E-state index >= 15 is 0 Å². The standard InChI is InChI=1S/C9H9ClN2O3S/c10-8-5-7(6-11)1-2-9(8)12-16(14,15)4-3-13/h1-2,5,12-13H,3-4H2. The Morgan fingerprint density at radius 3 is 2.69 bits per heavy atom. The van der Waals surface area contributed by atoms with Crippen LogP contribution in [0, 0.1) is 11.3 Å². The molecule has 0 saturated heterocycles. The van der Waals surface area contributed by atoms with Gasteiger partial charge in [-0.2, -0.15) is 5.26 Å². The van der Waals surface area contributed by atoms with E-state index in [1.54, 1.807) is 0 Å². The third kappa shape index (κ3) is 3.38. The van der Waals surface area contributed by atoms with E-state index in [0.717, 1.165) is 0 Å². The van der Waals surface area contributed by atoms with Crippen LogP contribution in [-0.4, -0.2) is 25.9 Å². The zero-order chi connectivity index (χ0) is 12.2. The SMILES string of the molecule is N#Cc1ccc(NS(=O)(=O)CCO)c(Cl)c1. The van der Waals surface area contributed by atoms with E-state index in [1.165, 1.54) is 18.2 Å². The predicted molar refractivity (Wildman–Crippen MR) is 60.7 cm³/mol. The number of hydrogen-bond donors (Lipinski definition) is 2. The number of nitrogens with one attached hydrogen (secondary N) is 1. The van der Waals surface area contributed by atoms with Gasteiger partial charge >= 0.3 is 0 Å². The van der Waals surface area contributed by atoms with E-state index in [0.29, 0.717) is 5.56 Å². The predicted octanol–water partition coefficient (Wildman–Crippen LogP) is 0.946. The number of halogens is 1. The average molecular weight is 261 g/mol. The van der Waals surface area contributed by atoms with E-state index in [-0.39, 0.29) is 10.7 Å². The number of benzene rings is 1. The monoisotopic (exact) mass is 260 g/mol. The molecule has 0 heterocycles. The summed E-state index contributed by atoms with van der Waals surface area (Å²) in [6.07, 6.45) is 0. The first-order chi connectivity index (χ1) is 7.48. The highest BCUT2D eigenvalue weighted by Gasteiger charge is 2.11. The molecule has 5 nitrogen and oxygen atoms in total. The molecule has 0 radical (unpaired) electrons. The highest BCUT2D eigenvalue weighted by Crippen LogP contribution is 2.23. The third-order valence-electron chi connectivity index (χ3n) is 1.72. The largest absolute Gasteiger partial charge is 0.395 e. The number of rotatable bonds is 4. The molecule has 0 amide bonds. The molecule has 0 spiro atoms. The number of hydrogen-bond acceptors (Lipinski definition) is 4. The molecular weight excluding hydrogens is 252 g/mol. The molecule has 2 N–H and O–H groups in total. The van der Waals surface area contributed by atoms with Gasteiger partial charge in [-0.1, -0.05) is 11.6 Å². The van der Waals surface area contributed by atoms with Gasteiger partial charge in [0.1, 0.15) is 0 Å². The molecule has 1 rings (SSSR count). The summed E-state index contributed by atoms with van der Waals surface area (Å²) in [5, 5.41) is 17.3. The van der Waals surface area contributed by atoms with Gasteiger partial charge in [0.25, 0.3) is 0 Å². The Hall–Kier alpha value is -1.29. The Morgan fingerprint density at radius 1 is 1.50 bits per heavy atom. The van der Waals surface area contributed by atoms with Crippen LogP contribution in [0.3, 0.4) is 0 Å². The quantitative estimate of drug-likeness (QED) is 0.843. The van der Waals surface area contributed by atoms with Crippen LogP contribution in [-0.2, 0) is 10.0 Å². The molecule has 1 aromatic carbocycles. The fraction of sp³-hybridized carbons (Fsp3) is 0.222. The zero-order valence-electron chi connectivity index (χ0n) is 8.14. The number of nitriles is 1. The van der Waals surface area contributed by atoms with Crippen molar-refractivity contribution >= 4 is 27.3 Å². The lowest BCUT2D eigenvalue weighted by molar-refractivity contribution is 0.320. The number of sulfonamides is 1. The highest BCUT2D eigenvalue weighted by atomic mass is 35.5. The lowest BCUT2D eigenvalue weighted by Crippen LogP contribution is -2.19. The topological polar surface area (TPSA) is 90.2 Å². The lowest BCUT2D eigenvalue weighted by Gasteiger charge is -2.08. The first-order valence-electron chi connectivity index (χ1n) is 4.29. The first kappa shape index (κ1) is 12.8. The van der Waals surface area contributed by atoms with Crippen LogP contribution in [0.2, 0.25) is 5.02 Å². The number of aliphatic hydroxyl groups excluding tert-OH is 1. The van der Waals surface area contributed by atoms with E-state index in [4.69, 9.17) is 22.0 Å². The maximum atomic E-state index is 11.3. The molecule has 0 atom stereocenters. The zero-order valence-corrected chi connectivity index (χ0v) is 9.72. The molecule has 0 aromatic heterocycles. The van der Waals surface area contributed by atoms with E-state index in [9.17, 15) is 8.42 Å². The van der Waals surface area contributed by atoms with Gasteiger partial charge in [0.2, 0.25) is 10.0 Å². The number of anilines is 1. The molecule has 0 aliphatic carbocycles. The normalized spacial score (nSPS) is 10.8. The van der Waals surface area contributed by atoms with Crippen molar-refractivity contribution < 1.29 is 13.5 Å².